The molecular weight excluding hydrogens is 253 g/mol. The van der Waals surface area contributed by atoms with Crippen LogP contribution in [-0.2, 0) is 14.3 Å². The highest BCUT2D eigenvalue weighted by Gasteiger charge is 2.12. The highest BCUT2D eigenvalue weighted by Crippen LogP contribution is 2.12. The number of carbonyl (C=O) groups excluding carboxylic acids is 2. The summed E-state index contributed by atoms with van der Waals surface area (Å²) in [5.74, 6) is -2.14. The van der Waals surface area contributed by atoms with Crippen LogP contribution in [0.1, 0.15) is 30.1 Å². The van der Waals surface area contributed by atoms with Crippen molar-refractivity contribution < 1.29 is 23.5 Å². The van der Waals surface area contributed by atoms with Crippen molar-refractivity contribution >= 4 is 17.6 Å². The van der Waals surface area contributed by atoms with E-state index in [0.717, 1.165) is 18.9 Å². The van der Waals surface area contributed by atoms with Crippen LogP contribution in [0.15, 0.2) is 18.2 Å². The lowest BCUT2D eigenvalue weighted by Crippen LogP contribution is -2.17. The van der Waals surface area contributed by atoms with Gasteiger partial charge in [0.25, 0.3) is 0 Å². The summed E-state index contributed by atoms with van der Waals surface area (Å²) in [6.45, 7) is 1.77. The number of carbonyl (C=O) groups is 2. The summed E-state index contributed by atoms with van der Waals surface area (Å²) in [6, 6.07) is 3.54. The fraction of sp³-hybridized carbons (Fsp3) is 0.385. The standard InChI is InChI=1S/C13H16FNO4/c1-2-3-6-18-12(16)8-19-13(17)9-4-5-11(15)10(14)7-9/h4-5,7H,2-3,6,8,15H2,1H3. The van der Waals surface area contributed by atoms with E-state index in [4.69, 9.17) is 15.2 Å². The zero-order valence-electron chi connectivity index (χ0n) is 10.6. The molecule has 0 aliphatic carbocycles. The lowest BCUT2D eigenvalue weighted by molar-refractivity contribution is -0.147. The smallest absolute Gasteiger partial charge is 0.344 e. The number of esters is 2. The molecule has 104 valence electrons. The molecule has 6 heteroatoms. The maximum Gasteiger partial charge on any atom is 0.344 e. The topological polar surface area (TPSA) is 78.6 Å². The largest absolute Gasteiger partial charge is 0.463 e. The summed E-state index contributed by atoms with van der Waals surface area (Å²) in [4.78, 5) is 22.7. The number of hydrogen-bond donors (Lipinski definition) is 1. The third-order valence-electron chi connectivity index (χ3n) is 2.32. The monoisotopic (exact) mass is 269 g/mol. The summed E-state index contributed by atoms with van der Waals surface area (Å²) in [5, 5.41) is 0. The molecule has 0 fully saturated rings. The van der Waals surface area contributed by atoms with E-state index in [2.05, 4.69) is 0 Å². The van der Waals surface area contributed by atoms with Gasteiger partial charge in [-0.3, -0.25) is 0 Å². The van der Waals surface area contributed by atoms with Crippen LogP contribution < -0.4 is 5.73 Å². The first-order valence-corrected chi connectivity index (χ1v) is 5.92. The molecule has 2 N–H and O–H groups in total. The second-order valence-corrected chi connectivity index (χ2v) is 3.89. The van der Waals surface area contributed by atoms with Gasteiger partial charge in [0.05, 0.1) is 17.9 Å². The Kier molecular flexibility index (Phi) is 5.78. The van der Waals surface area contributed by atoms with E-state index in [9.17, 15) is 14.0 Å². The Hall–Kier alpha value is -2.11. The molecule has 0 aromatic heterocycles. The quantitative estimate of drug-likeness (QED) is 0.485. The van der Waals surface area contributed by atoms with Crippen LogP contribution in [0.4, 0.5) is 10.1 Å². The van der Waals surface area contributed by atoms with Crippen molar-refractivity contribution in [3.63, 3.8) is 0 Å². The number of anilines is 1. The Balaban J connectivity index is 2.42. The lowest BCUT2D eigenvalue weighted by Gasteiger charge is -2.06. The summed E-state index contributed by atoms with van der Waals surface area (Å²) < 4.78 is 22.6. The molecule has 0 atom stereocenters. The number of nitrogens with two attached hydrogens (primary N) is 1. The lowest BCUT2D eigenvalue weighted by atomic mass is 10.2. The van der Waals surface area contributed by atoms with Gasteiger partial charge in [-0.2, -0.15) is 0 Å². The molecule has 0 aliphatic rings. The summed E-state index contributed by atoms with van der Waals surface area (Å²) in [6.07, 6.45) is 1.65. The van der Waals surface area contributed by atoms with Gasteiger partial charge in [-0.1, -0.05) is 13.3 Å². The molecule has 0 saturated carbocycles. The van der Waals surface area contributed by atoms with E-state index in [1.165, 1.54) is 12.1 Å². The van der Waals surface area contributed by atoms with Crippen molar-refractivity contribution in [1.29, 1.82) is 0 Å². The van der Waals surface area contributed by atoms with Crippen molar-refractivity contribution in [2.45, 2.75) is 19.8 Å². The summed E-state index contributed by atoms with van der Waals surface area (Å²) >= 11 is 0. The Labute approximate surface area is 110 Å². The second-order valence-electron chi connectivity index (χ2n) is 3.89. The van der Waals surface area contributed by atoms with E-state index in [1.807, 2.05) is 6.92 Å². The number of benzene rings is 1. The number of ether oxygens (including phenoxy) is 2. The zero-order valence-corrected chi connectivity index (χ0v) is 10.6. The molecule has 1 aromatic carbocycles. The molecule has 0 spiro atoms. The normalized spacial score (nSPS) is 10.0. The number of nitrogen functional groups attached to an aromatic ring is 1. The van der Waals surface area contributed by atoms with E-state index in [0.29, 0.717) is 6.61 Å². The van der Waals surface area contributed by atoms with Gasteiger partial charge in [-0.15, -0.1) is 0 Å². The average molecular weight is 269 g/mol. The summed E-state index contributed by atoms with van der Waals surface area (Å²) in [5.41, 5.74) is 5.21. The van der Waals surface area contributed by atoms with Crippen molar-refractivity contribution in [1.82, 2.24) is 0 Å². The van der Waals surface area contributed by atoms with Gasteiger partial charge in [0.1, 0.15) is 5.82 Å². The van der Waals surface area contributed by atoms with Crippen LogP contribution in [-0.4, -0.2) is 25.2 Å². The predicted octanol–water partition coefficient (Wildman–Crippen LogP) is 1.91. The highest BCUT2D eigenvalue weighted by molar-refractivity contribution is 5.91. The number of unbranched alkanes of at least 4 members (excludes halogenated alkanes) is 1. The molecule has 0 aliphatic heterocycles. The highest BCUT2D eigenvalue weighted by atomic mass is 19.1. The minimum Gasteiger partial charge on any atom is -0.463 e. The molecule has 0 amide bonds. The molecule has 0 saturated heterocycles. The van der Waals surface area contributed by atoms with E-state index < -0.39 is 24.4 Å². The van der Waals surface area contributed by atoms with Crippen LogP contribution in [0, 0.1) is 5.82 Å². The molecule has 1 rings (SSSR count). The first-order chi connectivity index (χ1) is 9.04. The van der Waals surface area contributed by atoms with Gasteiger partial charge >= 0.3 is 11.9 Å². The first kappa shape index (κ1) is 14.9. The zero-order chi connectivity index (χ0) is 14.3. The Morgan fingerprint density at radius 2 is 2.05 bits per heavy atom. The van der Waals surface area contributed by atoms with Crippen LogP contribution in [0.5, 0.6) is 0 Å². The minimum absolute atomic E-state index is 0.00643. The molecular formula is C13H16FNO4. The van der Waals surface area contributed by atoms with Crippen molar-refractivity contribution in [2.24, 2.45) is 0 Å². The van der Waals surface area contributed by atoms with Crippen molar-refractivity contribution in [3.05, 3.63) is 29.6 Å². The van der Waals surface area contributed by atoms with Crippen LogP contribution in [0.25, 0.3) is 0 Å². The molecule has 0 radical (unpaired) electrons. The molecule has 19 heavy (non-hydrogen) atoms. The first-order valence-electron chi connectivity index (χ1n) is 5.92. The number of hydrogen-bond acceptors (Lipinski definition) is 5. The average Bonchev–Trinajstić information content (AvgIpc) is 2.39. The van der Waals surface area contributed by atoms with Gasteiger partial charge in [0.15, 0.2) is 6.61 Å². The van der Waals surface area contributed by atoms with Crippen LogP contribution in [0.3, 0.4) is 0 Å². The molecule has 5 nitrogen and oxygen atoms in total. The fourth-order valence-electron chi connectivity index (χ4n) is 1.23. The minimum atomic E-state index is -0.800. The Morgan fingerprint density at radius 3 is 2.68 bits per heavy atom. The third kappa shape index (κ3) is 4.95. The molecule has 0 bridgehead atoms. The van der Waals surface area contributed by atoms with Crippen LogP contribution in [0.2, 0.25) is 0 Å². The van der Waals surface area contributed by atoms with E-state index in [-0.39, 0.29) is 11.3 Å². The van der Waals surface area contributed by atoms with Crippen LogP contribution >= 0.6 is 0 Å². The van der Waals surface area contributed by atoms with Gasteiger partial charge in [0, 0.05) is 0 Å². The number of halogens is 1. The van der Waals surface area contributed by atoms with Gasteiger partial charge < -0.3 is 15.2 Å². The maximum absolute atomic E-state index is 13.1. The third-order valence-corrected chi connectivity index (χ3v) is 2.32. The molecule has 0 heterocycles. The van der Waals surface area contributed by atoms with E-state index >= 15 is 0 Å². The van der Waals surface area contributed by atoms with Crippen molar-refractivity contribution in [3.8, 4) is 0 Å². The number of rotatable bonds is 6. The summed E-state index contributed by atoms with van der Waals surface area (Å²) in [7, 11) is 0. The SMILES string of the molecule is CCCCOC(=O)COC(=O)c1ccc(N)c(F)c1. The van der Waals surface area contributed by atoms with Crippen molar-refractivity contribution in [2.75, 3.05) is 18.9 Å². The predicted molar refractivity (Wildman–Crippen MR) is 67.0 cm³/mol. The van der Waals surface area contributed by atoms with Gasteiger partial charge in [-0.05, 0) is 24.6 Å². The maximum atomic E-state index is 13.1. The fourth-order valence-corrected chi connectivity index (χ4v) is 1.23. The second kappa shape index (κ2) is 7.35. The molecule has 1 aromatic rings. The van der Waals surface area contributed by atoms with Gasteiger partial charge in [0.2, 0.25) is 0 Å². The Bertz CT molecular complexity index is 462. The van der Waals surface area contributed by atoms with Gasteiger partial charge in [-0.25, -0.2) is 14.0 Å². The van der Waals surface area contributed by atoms with E-state index in [1.54, 1.807) is 0 Å². The Morgan fingerprint density at radius 1 is 1.32 bits per heavy atom. The molecule has 0 unspecified atom stereocenters.